The normalized spacial score (nSPS) is 14.4. The van der Waals surface area contributed by atoms with Gasteiger partial charge in [-0.1, -0.05) is 6.07 Å². The Hall–Kier alpha value is -1.00. The minimum Gasteiger partial charge on any atom is -0.392 e. The number of hydrogen-bond acceptors (Lipinski definition) is 5. The molecule has 0 aliphatic rings. The highest BCUT2D eigenvalue weighted by Crippen LogP contribution is 2.14. The van der Waals surface area contributed by atoms with E-state index in [-0.39, 0.29) is 16.3 Å². The van der Waals surface area contributed by atoms with E-state index >= 15 is 0 Å². The SMILES string of the molecule is CC(O)CNS(=O)(=O)c1cccc(S(N)(=O)=O)c1. The molecule has 102 valence electrons. The van der Waals surface area contributed by atoms with Gasteiger partial charge in [0.15, 0.2) is 0 Å². The first-order chi connectivity index (χ1) is 8.13. The number of rotatable bonds is 5. The Morgan fingerprint density at radius 3 is 2.33 bits per heavy atom. The maximum atomic E-state index is 11.8. The monoisotopic (exact) mass is 294 g/mol. The number of nitrogens with one attached hydrogen (secondary N) is 1. The van der Waals surface area contributed by atoms with Crippen LogP contribution in [0.25, 0.3) is 0 Å². The third kappa shape index (κ3) is 4.03. The van der Waals surface area contributed by atoms with E-state index in [2.05, 4.69) is 4.72 Å². The number of benzene rings is 1. The van der Waals surface area contributed by atoms with E-state index in [1.54, 1.807) is 0 Å². The van der Waals surface area contributed by atoms with Crippen molar-refractivity contribution in [2.24, 2.45) is 5.14 Å². The van der Waals surface area contributed by atoms with Gasteiger partial charge >= 0.3 is 0 Å². The summed E-state index contributed by atoms with van der Waals surface area (Å²) >= 11 is 0. The molecule has 0 bridgehead atoms. The van der Waals surface area contributed by atoms with Crippen LogP contribution in [0.4, 0.5) is 0 Å². The van der Waals surface area contributed by atoms with E-state index in [9.17, 15) is 16.8 Å². The second kappa shape index (κ2) is 5.33. The van der Waals surface area contributed by atoms with E-state index in [0.29, 0.717) is 0 Å². The van der Waals surface area contributed by atoms with Gasteiger partial charge in [-0.2, -0.15) is 0 Å². The number of sulfonamides is 2. The Kier molecular flexibility index (Phi) is 4.46. The fourth-order valence-corrected chi connectivity index (χ4v) is 2.93. The summed E-state index contributed by atoms with van der Waals surface area (Å²) in [6.07, 6.45) is -0.846. The molecule has 1 aromatic rings. The van der Waals surface area contributed by atoms with Crippen LogP contribution in [-0.4, -0.2) is 34.6 Å². The van der Waals surface area contributed by atoms with Crippen molar-refractivity contribution in [2.75, 3.05) is 6.54 Å². The van der Waals surface area contributed by atoms with Crippen LogP contribution in [0, 0.1) is 0 Å². The number of aliphatic hydroxyl groups excluding tert-OH is 1. The van der Waals surface area contributed by atoms with Gasteiger partial charge in [0.05, 0.1) is 15.9 Å². The van der Waals surface area contributed by atoms with E-state index in [1.165, 1.54) is 25.1 Å². The summed E-state index contributed by atoms with van der Waals surface area (Å²) in [5, 5.41) is 13.9. The van der Waals surface area contributed by atoms with Gasteiger partial charge in [0, 0.05) is 6.54 Å². The van der Waals surface area contributed by atoms with E-state index in [1.807, 2.05) is 0 Å². The Bertz CT molecular complexity index is 622. The molecule has 0 fully saturated rings. The Morgan fingerprint density at radius 1 is 1.28 bits per heavy atom. The molecule has 0 aliphatic heterocycles. The van der Waals surface area contributed by atoms with E-state index in [0.717, 1.165) is 6.07 Å². The summed E-state index contributed by atoms with van der Waals surface area (Å²) in [7, 11) is -7.83. The molecule has 0 spiro atoms. The zero-order chi connectivity index (χ0) is 14.0. The molecule has 18 heavy (non-hydrogen) atoms. The number of hydrogen-bond donors (Lipinski definition) is 3. The lowest BCUT2D eigenvalue weighted by atomic mass is 10.4. The molecule has 0 saturated carbocycles. The van der Waals surface area contributed by atoms with Crippen LogP contribution < -0.4 is 9.86 Å². The van der Waals surface area contributed by atoms with Gasteiger partial charge in [0.1, 0.15) is 0 Å². The van der Waals surface area contributed by atoms with Gasteiger partial charge in [0.2, 0.25) is 20.0 Å². The maximum Gasteiger partial charge on any atom is 0.240 e. The molecule has 0 aromatic heterocycles. The molecule has 1 atom stereocenters. The second-order valence-corrected chi connectivity index (χ2v) is 7.05. The molecule has 4 N–H and O–H groups in total. The summed E-state index contributed by atoms with van der Waals surface area (Å²) < 4.78 is 47.9. The highest BCUT2D eigenvalue weighted by molar-refractivity contribution is 7.90. The second-order valence-electron chi connectivity index (χ2n) is 3.72. The number of primary sulfonamides is 1. The average molecular weight is 294 g/mol. The van der Waals surface area contributed by atoms with Crippen LogP contribution in [0.3, 0.4) is 0 Å². The smallest absolute Gasteiger partial charge is 0.240 e. The van der Waals surface area contributed by atoms with Crippen molar-refractivity contribution in [2.45, 2.75) is 22.8 Å². The predicted octanol–water partition coefficient (Wildman–Crippen LogP) is -1.01. The van der Waals surface area contributed by atoms with Gasteiger partial charge in [0.25, 0.3) is 0 Å². The molecule has 1 unspecified atom stereocenters. The summed E-state index contributed by atoms with van der Waals surface area (Å²) in [5.74, 6) is 0. The first kappa shape index (κ1) is 15.1. The van der Waals surface area contributed by atoms with Crippen molar-refractivity contribution in [1.29, 1.82) is 0 Å². The van der Waals surface area contributed by atoms with Crippen molar-refractivity contribution >= 4 is 20.0 Å². The fourth-order valence-electron chi connectivity index (χ4n) is 1.13. The summed E-state index contributed by atoms with van der Waals surface area (Å²) in [4.78, 5) is -0.517. The van der Waals surface area contributed by atoms with Crippen molar-refractivity contribution in [1.82, 2.24) is 4.72 Å². The van der Waals surface area contributed by atoms with Crippen molar-refractivity contribution in [3.63, 3.8) is 0 Å². The standard InChI is InChI=1S/C9H14N2O5S2/c1-7(12)6-11-18(15,16)9-4-2-3-8(5-9)17(10,13)14/h2-5,7,11-12H,6H2,1H3,(H2,10,13,14). The van der Waals surface area contributed by atoms with Crippen molar-refractivity contribution in [3.8, 4) is 0 Å². The van der Waals surface area contributed by atoms with Gasteiger partial charge in [-0.3, -0.25) is 0 Å². The van der Waals surface area contributed by atoms with Gasteiger partial charge in [-0.05, 0) is 25.1 Å². The Balaban J connectivity index is 3.11. The van der Waals surface area contributed by atoms with Crippen molar-refractivity contribution < 1.29 is 21.9 Å². The summed E-state index contributed by atoms with van der Waals surface area (Å²) in [6, 6.07) is 4.67. The average Bonchev–Trinajstić information content (AvgIpc) is 2.26. The first-order valence-corrected chi connectivity index (χ1v) is 7.96. The Morgan fingerprint density at radius 2 is 1.83 bits per heavy atom. The molecule has 0 amide bonds. The lowest BCUT2D eigenvalue weighted by Crippen LogP contribution is -2.30. The summed E-state index contributed by atoms with van der Waals surface area (Å²) in [6.45, 7) is 1.26. The van der Waals surface area contributed by atoms with E-state index < -0.39 is 26.2 Å². The van der Waals surface area contributed by atoms with Crippen LogP contribution in [0.5, 0.6) is 0 Å². The largest absolute Gasteiger partial charge is 0.392 e. The molecular formula is C9H14N2O5S2. The summed E-state index contributed by atoms with van der Waals surface area (Å²) in [5.41, 5.74) is 0. The number of aliphatic hydroxyl groups is 1. The molecule has 0 saturated heterocycles. The van der Waals surface area contributed by atoms with Crippen molar-refractivity contribution in [3.05, 3.63) is 24.3 Å². The van der Waals surface area contributed by atoms with Gasteiger partial charge in [-0.25, -0.2) is 26.7 Å². The molecule has 1 rings (SSSR count). The van der Waals surface area contributed by atoms with Crippen LogP contribution >= 0.6 is 0 Å². The molecule has 0 aliphatic carbocycles. The van der Waals surface area contributed by atoms with Gasteiger partial charge in [-0.15, -0.1) is 0 Å². The highest BCUT2D eigenvalue weighted by Gasteiger charge is 2.17. The molecule has 0 radical (unpaired) electrons. The minimum atomic E-state index is -3.96. The Labute approximate surface area is 106 Å². The topological polar surface area (TPSA) is 127 Å². The quantitative estimate of drug-likeness (QED) is 0.641. The molecule has 7 nitrogen and oxygen atoms in total. The lowest BCUT2D eigenvalue weighted by Gasteiger charge is -2.09. The van der Waals surface area contributed by atoms with Crippen LogP contribution in [0.2, 0.25) is 0 Å². The third-order valence-corrected chi connectivity index (χ3v) is 4.35. The first-order valence-electron chi connectivity index (χ1n) is 4.93. The van der Waals surface area contributed by atoms with Crippen LogP contribution in [0.1, 0.15) is 6.92 Å². The maximum absolute atomic E-state index is 11.8. The fraction of sp³-hybridized carbons (Fsp3) is 0.333. The van der Waals surface area contributed by atoms with Crippen LogP contribution in [0.15, 0.2) is 34.1 Å². The van der Waals surface area contributed by atoms with E-state index in [4.69, 9.17) is 10.2 Å². The molecular weight excluding hydrogens is 280 g/mol. The molecule has 0 heterocycles. The predicted molar refractivity (Wildman–Crippen MR) is 64.7 cm³/mol. The lowest BCUT2D eigenvalue weighted by molar-refractivity contribution is 0.198. The third-order valence-electron chi connectivity index (χ3n) is 2.01. The zero-order valence-electron chi connectivity index (χ0n) is 9.57. The molecule has 1 aromatic carbocycles. The zero-order valence-corrected chi connectivity index (χ0v) is 11.2. The van der Waals surface area contributed by atoms with Gasteiger partial charge < -0.3 is 5.11 Å². The van der Waals surface area contributed by atoms with Crippen LogP contribution in [-0.2, 0) is 20.0 Å². The highest BCUT2D eigenvalue weighted by atomic mass is 32.2. The molecule has 9 heteroatoms. The number of nitrogens with two attached hydrogens (primary N) is 1. The minimum absolute atomic E-state index is 0.165.